The van der Waals surface area contributed by atoms with Crippen LogP contribution in [0, 0.1) is 0 Å². The molecule has 1 N–H and O–H groups in total. The monoisotopic (exact) mass is 321 g/mol. The van der Waals surface area contributed by atoms with Crippen molar-refractivity contribution in [1.82, 2.24) is 35.6 Å². The number of ether oxygens (including phenoxy) is 1. The molecule has 4 rings (SSSR count). The molecule has 8 heteroatoms. The summed E-state index contributed by atoms with van der Waals surface area (Å²) in [6.45, 7) is 1.93. The van der Waals surface area contributed by atoms with Gasteiger partial charge in [-0.05, 0) is 23.8 Å². The van der Waals surface area contributed by atoms with Crippen LogP contribution in [0.25, 0.3) is 22.0 Å². The molecule has 8 nitrogen and oxygen atoms in total. The van der Waals surface area contributed by atoms with E-state index in [1.54, 1.807) is 11.8 Å². The summed E-state index contributed by atoms with van der Waals surface area (Å²) in [4.78, 5) is 0. The Morgan fingerprint density at radius 3 is 2.79 bits per heavy atom. The first kappa shape index (κ1) is 14.3. The lowest BCUT2D eigenvalue weighted by atomic mass is 10.0. The third kappa shape index (κ3) is 2.28. The lowest BCUT2D eigenvalue weighted by Gasteiger charge is -2.10. The summed E-state index contributed by atoms with van der Waals surface area (Å²) in [5.41, 5.74) is 1.65. The smallest absolute Gasteiger partial charge is 0.198 e. The second-order valence-electron chi connectivity index (χ2n) is 5.39. The highest BCUT2D eigenvalue weighted by Gasteiger charge is 2.18. The van der Waals surface area contributed by atoms with Gasteiger partial charge in [0, 0.05) is 0 Å². The molecule has 0 spiro atoms. The van der Waals surface area contributed by atoms with E-state index in [1.165, 1.54) is 0 Å². The van der Waals surface area contributed by atoms with Gasteiger partial charge in [0.05, 0.1) is 18.9 Å². The minimum Gasteiger partial charge on any atom is -0.496 e. The SMILES string of the molecule is COc1ccc2ccccc2c1-c1cn(C(C)c2nn[nH]n2)nn1. The van der Waals surface area contributed by atoms with Gasteiger partial charge in [-0.25, -0.2) is 4.68 Å². The van der Waals surface area contributed by atoms with Crippen molar-refractivity contribution in [2.75, 3.05) is 7.11 Å². The van der Waals surface area contributed by atoms with Gasteiger partial charge in [0.15, 0.2) is 5.82 Å². The number of hydrogen-bond donors (Lipinski definition) is 1. The average molecular weight is 321 g/mol. The van der Waals surface area contributed by atoms with E-state index in [1.807, 2.05) is 37.4 Å². The molecule has 120 valence electrons. The fourth-order valence-electron chi connectivity index (χ4n) is 2.73. The molecule has 1 unspecified atom stereocenters. The van der Waals surface area contributed by atoms with Crippen LogP contribution in [0.15, 0.2) is 42.6 Å². The standard InChI is InChI=1S/C16H15N7O/c1-10(16-18-20-21-19-16)23-9-13(17-22-23)15-12-6-4-3-5-11(12)7-8-14(15)24-2/h3-10H,1-2H3,(H,18,19,20,21). The molecule has 2 aromatic heterocycles. The topological polar surface area (TPSA) is 94.4 Å². The number of aromatic nitrogens is 7. The van der Waals surface area contributed by atoms with E-state index in [0.717, 1.165) is 27.8 Å². The van der Waals surface area contributed by atoms with Gasteiger partial charge in [-0.15, -0.1) is 15.3 Å². The van der Waals surface area contributed by atoms with Crippen molar-refractivity contribution < 1.29 is 4.74 Å². The Bertz CT molecular complexity index is 977. The Morgan fingerprint density at radius 1 is 1.12 bits per heavy atom. The molecule has 0 saturated carbocycles. The molecule has 0 amide bonds. The Kier molecular flexibility index (Phi) is 3.42. The number of methoxy groups -OCH3 is 1. The molecule has 2 heterocycles. The van der Waals surface area contributed by atoms with Crippen LogP contribution in [-0.4, -0.2) is 42.7 Å². The van der Waals surface area contributed by atoms with Crippen LogP contribution in [0.1, 0.15) is 18.8 Å². The highest BCUT2D eigenvalue weighted by atomic mass is 16.5. The molecule has 0 aliphatic rings. The number of aromatic amines is 1. The van der Waals surface area contributed by atoms with Gasteiger partial charge in [-0.2, -0.15) is 5.21 Å². The maximum atomic E-state index is 5.53. The van der Waals surface area contributed by atoms with Gasteiger partial charge in [0.1, 0.15) is 17.5 Å². The van der Waals surface area contributed by atoms with Crippen LogP contribution in [0.2, 0.25) is 0 Å². The number of fused-ring (bicyclic) bond motifs is 1. The van der Waals surface area contributed by atoms with Gasteiger partial charge in [-0.3, -0.25) is 0 Å². The van der Waals surface area contributed by atoms with Crippen LogP contribution >= 0.6 is 0 Å². The molecule has 0 aliphatic heterocycles. The van der Waals surface area contributed by atoms with Crippen LogP contribution < -0.4 is 4.74 Å². The molecule has 0 radical (unpaired) electrons. The summed E-state index contributed by atoms with van der Waals surface area (Å²) >= 11 is 0. The first-order valence-corrected chi connectivity index (χ1v) is 7.49. The zero-order chi connectivity index (χ0) is 16.5. The van der Waals surface area contributed by atoms with Crippen molar-refractivity contribution in [2.45, 2.75) is 13.0 Å². The summed E-state index contributed by atoms with van der Waals surface area (Å²) < 4.78 is 7.24. The number of tetrazole rings is 1. The molecule has 0 bridgehead atoms. The van der Waals surface area contributed by atoms with Crippen molar-refractivity contribution in [3.05, 3.63) is 48.4 Å². The largest absolute Gasteiger partial charge is 0.496 e. The summed E-state index contributed by atoms with van der Waals surface area (Å²) in [5.74, 6) is 1.31. The Morgan fingerprint density at radius 2 is 2.00 bits per heavy atom. The minimum absolute atomic E-state index is 0.175. The van der Waals surface area contributed by atoms with E-state index in [9.17, 15) is 0 Å². The van der Waals surface area contributed by atoms with E-state index in [4.69, 9.17) is 4.74 Å². The lowest BCUT2D eigenvalue weighted by Crippen LogP contribution is -2.09. The highest BCUT2D eigenvalue weighted by Crippen LogP contribution is 2.36. The van der Waals surface area contributed by atoms with E-state index >= 15 is 0 Å². The highest BCUT2D eigenvalue weighted by molar-refractivity contribution is 5.98. The van der Waals surface area contributed by atoms with Gasteiger partial charge in [0.25, 0.3) is 0 Å². The molecule has 0 aliphatic carbocycles. The summed E-state index contributed by atoms with van der Waals surface area (Å²) in [6, 6.07) is 11.9. The van der Waals surface area contributed by atoms with Gasteiger partial charge in [0.2, 0.25) is 0 Å². The lowest BCUT2D eigenvalue weighted by molar-refractivity contribution is 0.417. The second kappa shape index (κ2) is 5.73. The predicted octanol–water partition coefficient (Wildman–Crippen LogP) is 2.23. The summed E-state index contributed by atoms with van der Waals surface area (Å²) in [7, 11) is 1.65. The third-order valence-corrected chi connectivity index (χ3v) is 4.01. The van der Waals surface area contributed by atoms with Gasteiger partial charge < -0.3 is 4.74 Å². The van der Waals surface area contributed by atoms with Crippen molar-refractivity contribution in [3.8, 4) is 17.0 Å². The Hall–Kier alpha value is -3.29. The van der Waals surface area contributed by atoms with Crippen LogP contribution in [0.4, 0.5) is 0 Å². The second-order valence-corrected chi connectivity index (χ2v) is 5.39. The molecule has 1 atom stereocenters. The molecule has 2 aromatic carbocycles. The zero-order valence-corrected chi connectivity index (χ0v) is 13.2. The minimum atomic E-state index is -0.175. The van der Waals surface area contributed by atoms with Gasteiger partial charge >= 0.3 is 0 Å². The quantitative estimate of drug-likeness (QED) is 0.619. The van der Waals surface area contributed by atoms with E-state index in [-0.39, 0.29) is 6.04 Å². The van der Waals surface area contributed by atoms with Crippen LogP contribution in [0.5, 0.6) is 5.75 Å². The normalized spacial score (nSPS) is 12.4. The van der Waals surface area contributed by atoms with Crippen molar-refractivity contribution in [2.24, 2.45) is 0 Å². The summed E-state index contributed by atoms with van der Waals surface area (Å²) in [6.07, 6.45) is 1.87. The van der Waals surface area contributed by atoms with Crippen LogP contribution in [0.3, 0.4) is 0 Å². The van der Waals surface area contributed by atoms with Crippen molar-refractivity contribution in [3.63, 3.8) is 0 Å². The number of hydrogen-bond acceptors (Lipinski definition) is 6. The summed E-state index contributed by atoms with van der Waals surface area (Å²) in [5, 5.41) is 24.8. The average Bonchev–Trinajstić information content (AvgIpc) is 3.32. The van der Waals surface area contributed by atoms with Crippen molar-refractivity contribution in [1.29, 1.82) is 0 Å². The first-order chi connectivity index (χ1) is 11.8. The van der Waals surface area contributed by atoms with Gasteiger partial charge in [-0.1, -0.05) is 40.8 Å². The number of rotatable bonds is 4. The van der Waals surface area contributed by atoms with Crippen molar-refractivity contribution >= 4 is 10.8 Å². The number of nitrogens with one attached hydrogen (secondary N) is 1. The zero-order valence-electron chi connectivity index (χ0n) is 13.2. The molecular weight excluding hydrogens is 306 g/mol. The number of H-pyrrole nitrogens is 1. The molecular formula is C16H15N7O. The fraction of sp³-hybridized carbons (Fsp3) is 0.188. The number of nitrogens with zero attached hydrogens (tertiary/aromatic N) is 6. The maximum absolute atomic E-state index is 5.53. The Labute approximate surface area is 137 Å². The maximum Gasteiger partial charge on any atom is 0.198 e. The predicted molar refractivity (Wildman–Crippen MR) is 87.5 cm³/mol. The van der Waals surface area contributed by atoms with E-state index in [2.05, 4.69) is 43.1 Å². The molecule has 0 saturated heterocycles. The molecule has 24 heavy (non-hydrogen) atoms. The number of benzene rings is 2. The third-order valence-electron chi connectivity index (χ3n) is 4.01. The Balaban J connectivity index is 1.84. The molecule has 0 fully saturated rings. The van der Waals surface area contributed by atoms with E-state index < -0.39 is 0 Å². The fourth-order valence-corrected chi connectivity index (χ4v) is 2.73. The van der Waals surface area contributed by atoms with E-state index in [0.29, 0.717) is 5.82 Å². The first-order valence-electron chi connectivity index (χ1n) is 7.49. The van der Waals surface area contributed by atoms with Crippen LogP contribution in [-0.2, 0) is 0 Å². The molecule has 4 aromatic rings.